The zero-order chi connectivity index (χ0) is 74.8. The van der Waals surface area contributed by atoms with E-state index in [1.54, 1.807) is 40.1 Å². The fourth-order valence-corrected chi connectivity index (χ4v) is 20.4. The number of hydrogen-bond donors (Lipinski definition) is 4. The molecule has 2 saturated heterocycles. The van der Waals surface area contributed by atoms with E-state index < -0.39 is 52.9 Å². The van der Waals surface area contributed by atoms with Crippen molar-refractivity contribution in [2.75, 3.05) is 113 Å². The Morgan fingerprint density at radius 3 is 1.02 bits per heavy atom. The van der Waals surface area contributed by atoms with Gasteiger partial charge < -0.3 is 58.8 Å². The zero-order valence-electron chi connectivity index (χ0n) is 60.7. The van der Waals surface area contributed by atoms with Crippen molar-refractivity contribution in [3.8, 4) is 0 Å². The van der Waals surface area contributed by atoms with Gasteiger partial charge >= 0.3 is 0 Å². The molecule has 8 aromatic carbocycles. The van der Waals surface area contributed by atoms with Crippen molar-refractivity contribution in [1.29, 1.82) is 0 Å². The van der Waals surface area contributed by atoms with Gasteiger partial charge in [0, 0.05) is 111 Å². The summed E-state index contributed by atoms with van der Waals surface area (Å²) in [5, 5.41) is 31.8. The van der Waals surface area contributed by atoms with E-state index in [1.807, 2.05) is 9.80 Å². The smallest absolute Gasteiger partial charge is 0.253 e. The molecule has 0 aliphatic carbocycles. The molecule has 0 spiro atoms. The van der Waals surface area contributed by atoms with E-state index >= 15 is 0 Å². The van der Waals surface area contributed by atoms with Gasteiger partial charge in [0.25, 0.3) is 11.8 Å². The van der Waals surface area contributed by atoms with Crippen LogP contribution in [0.4, 0.5) is 40.7 Å². The van der Waals surface area contributed by atoms with Crippen molar-refractivity contribution in [1.82, 2.24) is 9.80 Å². The van der Waals surface area contributed by atoms with Crippen LogP contribution >= 0.6 is 0 Å². The van der Waals surface area contributed by atoms with Gasteiger partial charge in [-0.1, -0.05) is 184 Å². The Labute approximate surface area is 608 Å². The molecule has 0 saturated carbocycles. The number of carbonyl (C=O) groups is 2. The lowest BCUT2D eigenvalue weighted by molar-refractivity contribution is 0.0761. The summed E-state index contributed by atoms with van der Waals surface area (Å²) in [5.41, 5.74) is 1.71. The van der Waals surface area contributed by atoms with E-state index in [4.69, 9.17) is 18.3 Å². The molecule has 2 aliphatic rings. The largest absolute Gasteiger partial charge is 0.440 e. The van der Waals surface area contributed by atoms with Crippen LogP contribution < -0.4 is 52.0 Å². The number of ether oxygens (including phenoxy) is 2. The van der Waals surface area contributed by atoms with Crippen LogP contribution in [-0.4, -0.2) is 142 Å². The van der Waals surface area contributed by atoms with Crippen molar-refractivity contribution < 1.29 is 55.7 Å². The summed E-state index contributed by atoms with van der Waals surface area (Å²) in [6.07, 6.45) is 0. The number of carbonyl (C=O) groups excluding carboxylic acids is 2. The zero-order valence-corrected chi connectivity index (χ0v) is 63.0. The molecule has 548 valence electrons. The molecule has 22 heteroatoms. The van der Waals surface area contributed by atoms with E-state index in [9.17, 15) is 47.0 Å². The van der Waals surface area contributed by atoms with Crippen LogP contribution in [0.3, 0.4) is 0 Å². The number of nitrogens with one attached hydrogen (secondary N) is 2. The molecule has 4 heterocycles. The second-order valence-electron chi connectivity index (χ2n) is 28.2. The Kier molecular flexibility index (Phi) is 27.3. The normalized spacial score (nSPS) is 13.8. The number of hydrogen-bond acceptors (Lipinski definition) is 14. The molecule has 2 amide bonds. The second-order valence-corrected chi connectivity index (χ2v) is 36.0. The third-order valence-electron chi connectivity index (χ3n) is 18.1. The number of aliphatic hydroxyl groups is 2. The first-order valence-electron chi connectivity index (χ1n) is 35.0. The van der Waals surface area contributed by atoms with Gasteiger partial charge in [0.15, 0.2) is 22.6 Å². The van der Waals surface area contributed by atoms with Gasteiger partial charge in [0.1, 0.15) is 52.0 Å². The van der Waals surface area contributed by atoms with E-state index in [-0.39, 0.29) is 93.4 Å². The van der Waals surface area contributed by atoms with Gasteiger partial charge in [-0.2, -0.15) is 0 Å². The first-order valence-corrected chi connectivity index (χ1v) is 38.4. The highest BCUT2D eigenvalue weighted by Gasteiger charge is 2.32. The Hall–Kier alpha value is -9.69. The number of nitrogens with zero attached hydrogens (tertiary/aromatic N) is 4. The number of morpholine rings is 2. The fraction of sp³-hybridized carbons (Fsp3) is 0.317. The first kappa shape index (κ1) is 78.5. The molecular weight excluding hydrogens is 1360 g/mol. The molecule has 2 atom stereocenters. The number of anilines is 4. The van der Waals surface area contributed by atoms with Crippen LogP contribution in [0.5, 0.6) is 0 Å². The molecular formula is C82H94F4N6O10Si2. The molecule has 12 rings (SSSR count). The van der Waals surface area contributed by atoms with E-state index in [0.29, 0.717) is 85.6 Å². The Balaban J connectivity index is 0.000000170. The predicted molar refractivity (Wildman–Crippen MR) is 414 cm³/mol. The van der Waals surface area contributed by atoms with Gasteiger partial charge in [-0.05, 0) is 72.5 Å². The van der Waals surface area contributed by atoms with E-state index in [1.165, 1.54) is 54.8 Å². The number of aliphatic hydroxyl groups excluding tert-OH is 2. The minimum absolute atomic E-state index is 0.118. The SMILES string of the molecule is CC(C)(C)[SiH](c1ccccc1)c1ccccc1.CC(C)(C)[SiH](c1ccccc1)c1ccccc1.CC(Nc1cc(F)cc(F)c1)c1cc(C(=O)N(C)CCO)cc2c(=O)cc(N3CCOCC3)oc12.CC(Nc1cc(F)cc(F)c1)c1cc(C(=O)N(C)CCO)cc2c(=O)cc(N3CCOCC3)oc12. The molecule has 104 heavy (non-hydrogen) atoms. The highest BCUT2D eigenvalue weighted by Crippen LogP contribution is 2.34. The summed E-state index contributed by atoms with van der Waals surface area (Å²) in [6.45, 7) is 21.7. The third-order valence-corrected chi connectivity index (χ3v) is 25.8. The maximum absolute atomic E-state index is 13.8. The third kappa shape index (κ3) is 20.8. The number of likely N-dealkylation sites (N-methyl/N-ethyl adjacent to an activating group) is 2. The summed E-state index contributed by atoms with van der Waals surface area (Å²) in [4.78, 5) is 58.7. The van der Waals surface area contributed by atoms with Crippen molar-refractivity contribution in [2.45, 2.75) is 77.6 Å². The number of rotatable bonds is 18. The summed E-state index contributed by atoms with van der Waals surface area (Å²) >= 11 is 0. The van der Waals surface area contributed by atoms with Gasteiger partial charge in [-0.15, -0.1) is 0 Å². The summed E-state index contributed by atoms with van der Waals surface area (Å²) in [6, 6.07) is 57.9. The average Bonchev–Trinajstić information content (AvgIpc) is 0.760. The predicted octanol–water partition coefficient (Wildman–Crippen LogP) is 11.9. The van der Waals surface area contributed by atoms with Crippen molar-refractivity contribution in [2.24, 2.45) is 0 Å². The molecule has 2 unspecified atom stereocenters. The minimum Gasteiger partial charge on any atom is -0.440 e. The standard InChI is InChI=1S/2C25H27F2N3O5.2C16H20Si/c2*1-15(28-19-12-17(26)11-18(27)13-19)20-9-16(25(33)29(2)3-6-31)10-21-22(32)14-23(35-24(20)21)30-4-7-34-8-5-30;2*1-16(2,3)17(14-10-6-4-7-11-14)15-12-8-5-9-13-15/h2*9-15,28,31H,3-8H2,1-2H3;2*4-13,17H,1-3H3. The van der Waals surface area contributed by atoms with E-state index in [0.717, 1.165) is 36.4 Å². The van der Waals surface area contributed by atoms with Crippen LogP contribution in [0.15, 0.2) is 213 Å². The van der Waals surface area contributed by atoms with Crippen molar-refractivity contribution in [3.63, 3.8) is 0 Å². The highest BCUT2D eigenvalue weighted by molar-refractivity contribution is 6.88. The van der Waals surface area contributed by atoms with Crippen LogP contribution in [0.2, 0.25) is 10.1 Å². The van der Waals surface area contributed by atoms with Gasteiger partial charge in [0.05, 0.1) is 62.5 Å². The lowest BCUT2D eigenvalue weighted by Crippen LogP contribution is -2.48. The number of fused-ring (bicyclic) bond motifs is 2. The quantitative estimate of drug-likeness (QED) is 0.0469. The lowest BCUT2D eigenvalue weighted by atomic mass is 9.99. The molecule has 4 N–H and O–H groups in total. The second kappa shape index (κ2) is 36.2. The summed E-state index contributed by atoms with van der Waals surface area (Å²) < 4.78 is 78.1. The molecule has 0 bridgehead atoms. The van der Waals surface area contributed by atoms with Crippen LogP contribution in [0.1, 0.15) is 99.3 Å². The van der Waals surface area contributed by atoms with Gasteiger partial charge in [-0.3, -0.25) is 19.2 Å². The molecule has 0 radical (unpaired) electrons. The first-order chi connectivity index (χ1) is 49.7. The molecule has 10 aromatic rings. The molecule has 16 nitrogen and oxygen atoms in total. The Bertz CT molecular complexity index is 4200. The maximum atomic E-state index is 13.8. The topological polar surface area (TPSA) is 190 Å². The van der Waals surface area contributed by atoms with Crippen LogP contribution in [0.25, 0.3) is 21.9 Å². The van der Waals surface area contributed by atoms with Crippen molar-refractivity contribution in [3.05, 3.63) is 260 Å². The Morgan fingerprint density at radius 2 is 0.750 bits per heavy atom. The lowest BCUT2D eigenvalue weighted by Gasteiger charge is -2.30. The van der Waals surface area contributed by atoms with Crippen LogP contribution in [-0.2, 0) is 9.47 Å². The van der Waals surface area contributed by atoms with E-state index in [2.05, 4.69) is 174 Å². The number of benzene rings is 8. The minimum atomic E-state index is -1.14. The Morgan fingerprint density at radius 1 is 0.462 bits per heavy atom. The van der Waals surface area contributed by atoms with Gasteiger partial charge in [0.2, 0.25) is 0 Å². The molecule has 2 aliphatic heterocycles. The monoisotopic (exact) mass is 1450 g/mol. The van der Waals surface area contributed by atoms with Crippen LogP contribution in [0, 0.1) is 23.3 Å². The molecule has 2 aromatic heterocycles. The fourth-order valence-electron chi connectivity index (χ4n) is 13.2. The van der Waals surface area contributed by atoms with Gasteiger partial charge in [-0.25, -0.2) is 17.6 Å². The average molecular weight is 1460 g/mol. The highest BCUT2D eigenvalue weighted by atomic mass is 28.3. The van der Waals surface area contributed by atoms with Crippen molar-refractivity contribution >= 4 is 95.2 Å². The summed E-state index contributed by atoms with van der Waals surface area (Å²) in [5.74, 6) is -2.95. The number of halogens is 4. The number of amides is 2. The summed E-state index contributed by atoms with van der Waals surface area (Å²) in [7, 11) is 0.813. The maximum Gasteiger partial charge on any atom is 0.253 e. The molecule has 2 fully saturated rings.